The van der Waals surface area contributed by atoms with Crippen molar-refractivity contribution in [2.45, 2.75) is 44.1 Å². The summed E-state index contributed by atoms with van der Waals surface area (Å²) in [6, 6.07) is 8.09. The molecule has 1 unspecified atom stereocenters. The molecule has 0 radical (unpaired) electrons. The maximum atomic E-state index is 12.8. The van der Waals surface area contributed by atoms with Gasteiger partial charge in [0.1, 0.15) is 0 Å². The van der Waals surface area contributed by atoms with E-state index in [-0.39, 0.29) is 12.1 Å². The quantitative estimate of drug-likeness (QED) is 0.685. The number of likely N-dealkylation sites (tertiary alicyclic amines) is 1. The first-order valence-corrected chi connectivity index (χ1v) is 13.3. The average molecular weight is 495 g/mol. The summed E-state index contributed by atoms with van der Waals surface area (Å²) < 4.78 is 8.01. The molecule has 3 aliphatic rings. The molecule has 2 amide bonds. The minimum atomic E-state index is 0.0194. The van der Waals surface area contributed by atoms with Crippen molar-refractivity contribution >= 4 is 29.8 Å². The van der Waals surface area contributed by atoms with E-state index < -0.39 is 0 Å². The van der Waals surface area contributed by atoms with Gasteiger partial charge in [-0.1, -0.05) is 35.9 Å². The van der Waals surface area contributed by atoms with Gasteiger partial charge in [-0.25, -0.2) is 4.79 Å². The molecule has 1 atom stereocenters. The SMILES string of the molecule is O=C(NCC1CNCCO1)N1CCC(c2cn(-c3ccc(Cl)cc3)c3/c2=C\C=C/CCC/C=3)CC1. The summed E-state index contributed by atoms with van der Waals surface area (Å²) in [6.45, 7) is 4.46. The number of allylic oxidation sites excluding steroid dienone is 2. The summed E-state index contributed by atoms with van der Waals surface area (Å²) in [7, 11) is 0. The Labute approximate surface area is 212 Å². The zero-order valence-corrected chi connectivity index (χ0v) is 21.0. The Morgan fingerprint density at radius 3 is 2.77 bits per heavy atom. The molecule has 7 heteroatoms. The molecule has 2 N–H and O–H groups in total. The first-order valence-electron chi connectivity index (χ1n) is 12.9. The Morgan fingerprint density at radius 1 is 1.17 bits per heavy atom. The Balaban J connectivity index is 1.33. The zero-order chi connectivity index (χ0) is 24.0. The third kappa shape index (κ3) is 5.83. The summed E-state index contributed by atoms with van der Waals surface area (Å²) in [5.74, 6) is 0.422. The molecule has 1 aromatic carbocycles. The molecule has 0 spiro atoms. The third-order valence-electron chi connectivity index (χ3n) is 7.24. The smallest absolute Gasteiger partial charge is 0.317 e. The highest BCUT2D eigenvalue weighted by Crippen LogP contribution is 2.27. The summed E-state index contributed by atoms with van der Waals surface area (Å²) in [6.07, 6.45) is 16.7. The second-order valence-corrected chi connectivity index (χ2v) is 10.0. The van der Waals surface area contributed by atoms with E-state index in [1.807, 2.05) is 17.0 Å². The lowest BCUT2D eigenvalue weighted by molar-refractivity contribution is 0.0297. The normalized spacial score (nSPS) is 24.0. The minimum Gasteiger partial charge on any atom is -0.374 e. The Kier molecular flexibility index (Phi) is 7.92. The minimum absolute atomic E-state index is 0.0194. The largest absolute Gasteiger partial charge is 0.374 e. The van der Waals surface area contributed by atoms with Crippen molar-refractivity contribution in [3.63, 3.8) is 0 Å². The van der Waals surface area contributed by atoms with Gasteiger partial charge in [0.2, 0.25) is 0 Å². The number of hydrogen-bond acceptors (Lipinski definition) is 3. The van der Waals surface area contributed by atoms with Gasteiger partial charge in [-0.2, -0.15) is 0 Å². The van der Waals surface area contributed by atoms with E-state index in [1.165, 1.54) is 16.1 Å². The van der Waals surface area contributed by atoms with Crippen LogP contribution in [0.15, 0.2) is 42.6 Å². The second kappa shape index (κ2) is 11.5. The number of benzene rings is 1. The van der Waals surface area contributed by atoms with Crippen molar-refractivity contribution in [2.75, 3.05) is 39.3 Å². The van der Waals surface area contributed by atoms with Gasteiger partial charge in [0.05, 0.1) is 12.7 Å². The number of nitrogens with zero attached hydrogens (tertiary/aromatic N) is 2. The van der Waals surface area contributed by atoms with Crippen LogP contribution in [0.2, 0.25) is 5.02 Å². The molecule has 1 aliphatic carbocycles. The summed E-state index contributed by atoms with van der Waals surface area (Å²) in [4.78, 5) is 14.7. The lowest BCUT2D eigenvalue weighted by Gasteiger charge is -2.32. The van der Waals surface area contributed by atoms with Gasteiger partial charge in [-0.3, -0.25) is 0 Å². The first kappa shape index (κ1) is 24.2. The molecule has 186 valence electrons. The first-order chi connectivity index (χ1) is 17.2. The van der Waals surface area contributed by atoms with E-state index in [0.29, 0.717) is 19.1 Å². The molecule has 2 fully saturated rings. The van der Waals surface area contributed by atoms with Crippen LogP contribution in [0.3, 0.4) is 0 Å². The van der Waals surface area contributed by atoms with Gasteiger partial charge in [0, 0.05) is 60.2 Å². The molecular formula is C28H35ClN4O2. The number of ether oxygens (including phenoxy) is 1. The number of fused-ring (bicyclic) bond motifs is 1. The van der Waals surface area contributed by atoms with Gasteiger partial charge >= 0.3 is 6.03 Å². The van der Waals surface area contributed by atoms with Crippen LogP contribution in [0.5, 0.6) is 0 Å². The number of urea groups is 1. The summed E-state index contributed by atoms with van der Waals surface area (Å²) in [5, 5.41) is 9.69. The lowest BCUT2D eigenvalue weighted by Crippen LogP contribution is -2.49. The zero-order valence-electron chi connectivity index (χ0n) is 20.2. The molecule has 1 aromatic heterocycles. The van der Waals surface area contributed by atoms with Gasteiger partial charge in [-0.05, 0) is 67.9 Å². The molecular weight excluding hydrogens is 460 g/mol. The third-order valence-corrected chi connectivity index (χ3v) is 7.49. The van der Waals surface area contributed by atoms with Crippen molar-refractivity contribution in [2.24, 2.45) is 0 Å². The van der Waals surface area contributed by atoms with Crippen molar-refractivity contribution in [1.82, 2.24) is 20.1 Å². The molecule has 2 aliphatic heterocycles. The van der Waals surface area contributed by atoms with E-state index in [9.17, 15) is 4.79 Å². The Morgan fingerprint density at radius 2 is 2.00 bits per heavy atom. The van der Waals surface area contributed by atoms with E-state index in [0.717, 1.165) is 69.0 Å². The van der Waals surface area contributed by atoms with Crippen molar-refractivity contribution in [3.05, 3.63) is 63.8 Å². The summed E-state index contributed by atoms with van der Waals surface area (Å²) >= 11 is 6.16. The summed E-state index contributed by atoms with van der Waals surface area (Å²) in [5.41, 5.74) is 2.50. The fourth-order valence-electron chi connectivity index (χ4n) is 5.28. The van der Waals surface area contributed by atoms with Crippen LogP contribution in [0.1, 0.15) is 43.6 Å². The van der Waals surface area contributed by atoms with Crippen LogP contribution in [-0.4, -0.2) is 60.9 Å². The highest BCUT2D eigenvalue weighted by Gasteiger charge is 2.26. The monoisotopic (exact) mass is 494 g/mol. The van der Waals surface area contributed by atoms with E-state index >= 15 is 0 Å². The van der Waals surface area contributed by atoms with Crippen molar-refractivity contribution < 1.29 is 9.53 Å². The maximum Gasteiger partial charge on any atom is 0.317 e. The van der Waals surface area contributed by atoms with E-state index in [2.05, 4.69) is 57.8 Å². The lowest BCUT2D eigenvalue weighted by atomic mass is 9.90. The van der Waals surface area contributed by atoms with Crippen LogP contribution in [-0.2, 0) is 4.74 Å². The van der Waals surface area contributed by atoms with Crippen molar-refractivity contribution in [1.29, 1.82) is 0 Å². The number of aromatic nitrogens is 1. The van der Waals surface area contributed by atoms with Crippen LogP contribution in [0.25, 0.3) is 17.8 Å². The van der Waals surface area contributed by atoms with Gasteiger partial charge in [0.15, 0.2) is 0 Å². The molecule has 2 aromatic rings. The van der Waals surface area contributed by atoms with Crippen LogP contribution in [0, 0.1) is 0 Å². The van der Waals surface area contributed by atoms with Gasteiger partial charge < -0.3 is 24.8 Å². The van der Waals surface area contributed by atoms with Crippen molar-refractivity contribution in [3.8, 4) is 5.69 Å². The fraction of sp³-hybridized carbons (Fsp3) is 0.464. The van der Waals surface area contributed by atoms with Gasteiger partial charge in [0.25, 0.3) is 0 Å². The molecule has 3 heterocycles. The Bertz CT molecular complexity index is 1160. The number of halogens is 1. The van der Waals surface area contributed by atoms with E-state index in [4.69, 9.17) is 16.3 Å². The molecule has 5 rings (SSSR count). The topological polar surface area (TPSA) is 58.5 Å². The maximum absolute atomic E-state index is 12.8. The van der Waals surface area contributed by atoms with E-state index in [1.54, 1.807) is 0 Å². The highest BCUT2D eigenvalue weighted by molar-refractivity contribution is 6.30. The number of hydrogen-bond donors (Lipinski definition) is 2. The number of carbonyl (C=O) groups excluding carboxylic acids is 1. The molecule has 0 bridgehead atoms. The molecule has 2 saturated heterocycles. The number of nitrogens with one attached hydrogen (secondary N) is 2. The predicted molar refractivity (Wildman–Crippen MR) is 142 cm³/mol. The standard InChI is InChI=1S/C28H35ClN4O2/c29-22-8-10-23(11-9-22)33-20-26(25-6-4-2-1-3-5-7-27(25)33)21-12-15-32(16-13-21)28(34)31-19-24-18-30-14-17-35-24/h2,4,6-11,20-21,24,30H,1,3,5,12-19H2,(H,31,34)/b4-2-,25-6-,27-7-. The van der Waals surface area contributed by atoms with Crippen LogP contribution >= 0.6 is 11.6 Å². The van der Waals surface area contributed by atoms with Crippen LogP contribution < -0.4 is 21.2 Å². The second-order valence-electron chi connectivity index (χ2n) is 9.60. The number of piperidine rings is 1. The molecule has 0 saturated carbocycles. The predicted octanol–water partition coefficient (Wildman–Crippen LogP) is 3.31. The number of amides is 2. The number of rotatable bonds is 4. The number of morpholine rings is 1. The Hall–Kier alpha value is -2.54. The molecule has 6 nitrogen and oxygen atoms in total. The van der Waals surface area contributed by atoms with Crippen LogP contribution in [0.4, 0.5) is 4.79 Å². The fourth-order valence-corrected chi connectivity index (χ4v) is 5.40. The average Bonchev–Trinajstić information content (AvgIpc) is 3.30. The number of carbonyl (C=O) groups is 1. The van der Waals surface area contributed by atoms with Gasteiger partial charge in [-0.15, -0.1) is 0 Å². The highest BCUT2D eigenvalue weighted by atomic mass is 35.5. The molecule has 35 heavy (non-hydrogen) atoms.